The van der Waals surface area contributed by atoms with E-state index in [9.17, 15) is 4.79 Å². The molecular formula is C24H23NO2. The van der Waals surface area contributed by atoms with Crippen molar-refractivity contribution in [1.82, 2.24) is 0 Å². The number of carbonyl (C=O) groups excluding carboxylic acids is 1. The zero-order chi connectivity index (χ0) is 19.0. The number of ether oxygens (including phenoxy) is 1. The largest absolute Gasteiger partial charge is 0.458 e. The molecule has 3 aromatic carbocycles. The molecule has 0 aromatic heterocycles. The highest BCUT2D eigenvalue weighted by atomic mass is 16.6. The van der Waals surface area contributed by atoms with Crippen molar-refractivity contribution < 1.29 is 9.53 Å². The molecule has 0 bridgehead atoms. The van der Waals surface area contributed by atoms with Crippen molar-refractivity contribution in [3.05, 3.63) is 83.9 Å². The van der Waals surface area contributed by atoms with E-state index < -0.39 is 11.6 Å². The fraction of sp³-hybridized carbons (Fsp3) is 0.250. The molecule has 136 valence electrons. The number of hydrogen-bond donors (Lipinski definition) is 0. The van der Waals surface area contributed by atoms with E-state index in [1.54, 1.807) is 0 Å². The number of carbonyl (C=O) groups is 1. The normalized spacial score (nSPS) is 19.3. The molecule has 0 amide bonds. The average Bonchev–Trinajstić information content (AvgIpc) is 2.61. The van der Waals surface area contributed by atoms with Crippen LogP contribution in [0.2, 0.25) is 0 Å². The zero-order valence-electron chi connectivity index (χ0n) is 15.8. The van der Waals surface area contributed by atoms with Gasteiger partial charge in [-0.2, -0.15) is 0 Å². The summed E-state index contributed by atoms with van der Waals surface area (Å²) < 4.78 is 5.64. The number of esters is 1. The third-order valence-corrected chi connectivity index (χ3v) is 4.76. The Balaban J connectivity index is 1.80. The smallest absolute Gasteiger partial charge is 0.332 e. The van der Waals surface area contributed by atoms with Crippen LogP contribution in [0.4, 0.5) is 0 Å². The van der Waals surface area contributed by atoms with E-state index in [4.69, 9.17) is 4.74 Å². The molecule has 1 aliphatic rings. The summed E-state index contributed by atoms with van der Waals surface area (Å²) in [7, 11) is 0. The van der Waals surface area contributed by atoms with Crippen LogP contribution in [0.1, 0.15) is 37.8 Å². The van der Waals surface area contributed by atoms with Crippen LogP contribution in [0, 0.1) is 0 Å². The molecule has 0 saturated carbocycles. The lowest BCUT2D eigenvalue weighted by Crippen LogP contribution is -2.44. The molecule has 27 heavy (non-hydrogen) atoms. The molecule has 0 unspecified atom stereocenters. The molecule has 4 rings (SSSR count). The topological polar surface area (TPSA) is 38.7 Å². The molecule has 2 atom stereocenters. The standard InChI is InChI=1S/C24H23NO2/c1-24(2,3)27-23(26)22-20(21(25-22)17-11-5-4-6-12-17)19-15-9-13-16-10-7-8-14-18(16)19/h4-15,20,22H,1-3H3/t20-,22+/m1/s1. The van der Waals surface area contributed by atoms with Crippen molar-refractivity contribution in [1.29, 1.82) is 0 Å². The first-order chi connectivity index (χ1) is 12.9. The van der Waals surface area contributed by atoms with E-state index in [0.717, 1.165) is 27.6 Å². The van der Waals surface area contributed by atoms with Gasteiger partial charge in [0, 0.05) is 0 Å². The minimum absolute atomic E-state index is 0.103. The number of fused-ring (bicyclic) bond motifs is 1. The molecule has 1 heterocycles. The van der Waals surface area contributed by atoms with Gasteiger partial charge in [-0.05, 0) is 42.7 Å². The first-order valence-corrected chi connectivity index (χ1v) is 9.28. The third-order valence-electron chi connectivity index (χ3n) is 4.76. The Morgan fingerprint density at radius 2 is 1.56 bits per heavy atom. The lowest BCUT2D eigenvalue weighted by Gasteiger charge is -2.36. The highest BCUT2D eigenvalue weighted by Crippen LogP contribution is 2.39. The Morgan fingerprint density at radius 1 is 0.889 bits per heavy atom. The number of aliphatic imine (C=N–C) groups is 1. The Kier molecular flexibility index (Phi) is 4.31. The molecule has 0 radical (unpaired) electrons. The summed E-state index contributed by atoms with van der Waals surface area (Å²) in [5.74, 6) is -0.367. The van der Waals surface area contributed by atoms with Gasteiger partial charge in [0.25, 0.3) is 0 Å². The molecule has 0 fully saturated rings. The summed E-state index contributed by atoms with van der Waals surface area (Å²) >= 11 is 0. The molecule has 3 nitrogen and oxygen atoms in total. The van der Waals surface area contributed by atoms with Crippen LogP contribution in [0.25, 0.3) is 10.8 Å². The molecule has 0 saturated heterocycles. The molecule has 0 spiro atoms. The average molecular weight is 357 g/mol. The van der Waals surface area contributed by atoms with E-state index in [1.807, 2.05) is 69.3 Å². The molecule has 1 aliphatic heterocycles. The number of nitrogens with zero attached hydrogens (tertiary/aromatic N) is 1. The van der Waals surface area contributed by atoms with Gasteiger partial charge in [0.1, 0.15) is 5.60 Å². The van der Waals surface area contributed by atoms with Gasteiger partial charge in [-0.15, -0.1) is 0 Å². The molecular weight excluding hydrogens is 334 g/mol. The quantitative estimate of drug-likeness (QED) is 0.609. The number of hydrogen-bond acceptors (Lipinski definition) is 3. The van der Waals surface area contributed by atoms with Crippen LogP contribution in [-0.2, 0) is 9.53 Å². The van der Waals surface area contributed by atoms with Crippen molar-refractivity contribution in [3.8, 4) is 0 Å². The van der Waals surface area contributed by atoms with Crippen LogP contribution >= 0.6 is 0 Å². The third kappa shape index (κ3) is 3.37. The predicted octanol–water partition coefficient (Wildman–Crippen LogP) is 5.14. The predicted molar refractivity (Wildman–Crippen MR) is 109 cm³/mol. The van der Waals surface area contributed by atoms with Gasteiger partial charge in [0.15, 0.2) is 6.04 Å². The van der Waals surface area contributed by atoms with E-state index >= 15 is 0 Å². The van der Waals surface area contributed by atoms with E-state index in [2.05, 4.69) is 29.3 Å². The van der Waals surface area contributed by atoms with Gasteiger partial charge in [-0.3, -0.25) is 4.99 Å². The monoisotopic (exact) mass is 357 g/mol. The highest BCUT2D eigenvalue weighted by molar-refractivity contribution is 6.14. The second-order valence-electron chi connectivity index (χ2n) is 7.90. The van der Waals surface area contributed by atoms with Crippen molar-refractivity contribution in [2.45, 2.75) is 38.3 Å². The van der Waals surface area contributed by atoms with E-state index in [0.29, 0.717) is 0 Å². The van der Waals surface area contributed by atoms with E-state index in [1.165, 1.54) is 0 Å². The summed E-state index contributed by atoms with van der Waals surface area (Å²) in [6.07, 6.45) is 0. The van der Waals surface area contributed by atoms with Gasteiger partial charge in [0.2, 0.25) is 0 Å². The molecule has 3 heteroatoms. The fourth-order valence-electron chi connectivity index (χ4n) is 3.63. The molecule has 0 N–H and O–H groups in total. The number of benzene rings is 3. The van der Waals surface area contributed by atoms with Crippen LogP contribution in [-0.4, -0.2) is 23.3 Å². The maximum Gasteiger partial charge on any atom is 0.332 e. The second kappa shape index (κ2) is 6.66. The van der Waals surface area contributed by atoms with Crippen LogP contribution in [0.15, 0.2) is 77.8 Å². The van der Waals surface area contributed by atoms with Crippen molar-refractivity contribution in [3.63, 3.8) is 0 Å². The lowest BCUT2D eigenvalue weighted by molar-refractivity contribution is -0.157. The Labute approximate surface area is 159 Å². The lowest BCUT2D eigenvalue weighted by atomic mass is 9.77. The van der Waals surface area contributed by atoms with Crippen molar-refractivity contribution in [2.75, 3.05) is 0 Å². The summed E-state index contributed by atoms with van der Waals surface area (Å²) in [6.45, 7) is 5.66. The van der Waals surface area contributed by atoms with Gasteiger partial charge >= 0.3 is 5.97 Å². The SMILES string of the molecule is CC(C)(C)OC(=O)[C@H]1N=C(c2ccccc2)[C@H]1c1cccc2ccccc12. The molecule has 3 aromatic rings. The van der Waals surface area contributed by atoms with Gasteiger partial charge in [-0.25, -0.2) is 4.79 Å². The van der Waals surface area contributed by atoms with Gasteiger partial charge in [0.05, 0.1) is 11.6 Å². The summed E-state index contributed by atoms with van der Waals surface area (Å²) in [6, 6.07) is 24.1. The second-order valence-corrected chi connectivity index (χ2v) is 7.90. The first kappa shape index (κ1) is 17.5. The summed E-state index contributed by atoms with van der Waals surface area (Å²) in [5, 5.41) is 2.32. The Morgan fingerprint density at radius 3 is 2.30 bits per heavy atom. The Hall–Kier alpha value is -2.94. The van der Waals surface area contributed by atoms with Gasteiger partial charge in [-0.1, -0.05) is 72.8 Å². The minimum Gasteiger partial charge on any atom is -0.458 e. The minimum atomic E-state index is -0.529. The molecule has 0 aliphatic carbocycles. The van der Waals surface area contributed by atoms with E-state index in [-0.39, 0.29) is 11.9 Å². The maximum atomic E-state index is 12.8. The zero-order valence-corrected chi connectivity index (χ0v) is 15.8. The van der Waals surface area contributed by atoms with Crippen molar-refractivity contribution >= 4 is 22.5 Å². The summed E-state index contributed by atoms with van der Waals surface area (Å²) in [5.41, 5.74) is 2.59. The van der Waals surface area contributed by atoms with Crippen molar-refractivity contribution in [2.24, 2.45) is 4.99 Å². The van der Waals surface area contributed by atoms with Gasteiger partial charge < -0.3 is 4.74 Å². The van der Waals surface area contributed by atoms with Crippen LogP contribution in [0.5, 0.6) is 0 Å². The van der Waals surface area contributed by atoms with Crippen LogP contribution in [0.3, 0.4) is 0 Å². The first-order valence-electron chi connectivity index (χ1n) is 9.28. The Bertz CT molecular complexity index is 1010. The highest BCUT2D eigenvalue weighted by Gasteiger charge is 2.44. The maximum absolute atomic E-state index is 12.8. The summed E-state index contributed by atoms with van der Waals surface area (Å²) in [4.78, 5) is 17.5. The number of rotatable bonds is 3. The van der Waals surface area contributed by atoms with Crippen LogP contribution < -0.4 is 0 Å². The fourth-order valence-corrected chi connectivity index (χ4v) is 3.63.